The summed E-state index contributed by atoms with van der Waals surface area (Å²) in [5.74, 6) is 1.19. The number of ether oxygens (including phenoxy) is 3. The topological polar surface area (TPSA) is 52.1 Å². The van der Waals surface area contributed by atoms with Crippen molar-refractivity contribution in [3.63, 3.8) is 0 Å². The Morgan fingerprint density at radius 1 is 0.920 bits per heavy atom. The Labute approximate surface area is 143 Å². The van der Waals surface area contributed by atoms with Crippen molar-refractivity contribution in [1.82, 2.24) is 0 Å². The van der Waals surface area contributed by atoms with Crippen molar-refractivity contribution in [1.29, 1.82) is 0 Å². The van der Waals surface area contributed by atoms with E-state index in [4.69, 9.17) is 14.2 Å². The van der Waals surface area contributed by atoms with E-state index >= 15 is 0 Å². The first kappa shape index (κ1) is 18.4. The van der Waals surface area contributed by atoms with E-state index in [0.29, 0.717) is 22.8 Å². The molecule has 0 radical (unpaired) electrons. The van der Waals surface area contributed by atoms with Crippen LogP contribution in [-0.4, -0.2) is 27.5 Å². The number of benzene rings is 2. The van der Waals surface area contributed by atoms with Gasteiger partial charge in [0.1, 0.15) is 0 Å². The van der Waals surface area contributed by atoms with Crippen LogP contribution in [-0.2, 0) is 6.18 Å². The van der Waals surface area contributed by atoms with Crippen LogP contribution in [0.2, 0.25) is 0 Å². The molecule has 5 nitrogen and oxygen atoms in total. The Hall–Kier alpha value is -2.90. The molecule has 0 heterocycles. The van der Waals surface area contributed by atoms with Gasteiger partial charge in [0.05, 0.1) is 38.8 Å². The van der Waals surface area contributed by atoms with Crippen LogP contribution in [0.1, 0.15) is 11.1 Å². The minimum absolute atomic E-state index is 0.148. The molecule has 2 rings (SSSR count). The third kappa shape index (κ3) is 4.14. The molecule has 0 atom stereocenters. The van der Waals surface area contributed by atoms with Gasteiger partial charge in [-0.25, -0.2) is 0 Å². The lowest BCUT2D eigenvalue weighted by Crippen LogP contribution is -2.08. The zero-order valence-corrected chi connectivity index (χ0v) is 13.8. The molecule has 25 heavy (non-hydrogen) atoms. The van der Waals surface area contributed by atoms with Crippen LogP contribution in [0.3, 0.4) is 0 Å². The highest BCUT2D eigenvalue weighted by molar-refractivity contribution is 5.86. The van der Waals surface area contributed by atoms with Gasteiger partial charge in [-0.3, -0.25) is 5.43 Å². The number of nitrogens with zero attached hydrogens (tertiary/aromatic N) is 1. The second-order valence-electron chi connectivity index (χ2n) is 4.84. The molecule has 0 aliphatic rings. The number of methoxy groups -OCH3 is 3. The first-order valence-electron chi connectivity index (χ1n) is 7.16. The molecule has 2 aromatic carbocycles. The zero-order valence-electron chi connectivity index (χ0n) is 13.8. The number of rotatable bonds is 6. The van der Waals surface area contributed by atoms with Crippen LogP contribution < -0.4 is 19.6 Å². The van der Waals surface area contributed by atoms with Crippen LogP contribution in [0, 0.1) is 0 Å². The van der Waals surface area contributed by atoms with Gasteiger partial charge in [0.25, 0.3) is 0 Å². The average Bonchev–Trinajstić information content (AvgIpc) is 2.60. The van der Waals surface area contributed by atoms with Gasteiger partial charge in [-0.05, 0) is 24.3 Å². The summed E-state index contributed by atoms with van der Waals surface area (Å²) in [6.45, 7) is 0. The van der Waals surface area contributed by atoms with Crippen LogP contribution >= 0.6 is 0 Å². The Balaban J connectivity index is 2.30. The minimum atomic E-state index is -4.47. The lowest BCUT2D eigenvalue weighted by Gasteiger charge is -2.14. The van der Waals surface area contributed by atoms with Gasteiger partial charge in [-0.2, -0.15) is 18.3 Å². The summed E-state index contributed by atoms with van der Waals surface area (Å²) in [5.41, 5.74) is 1.97. The Morgan fingerprint density at radius 3 is 2.20 bits per heavy atom. The number of hydrogen-bond donors (Lipinski definition) is 1. The number of hydrazone groups is 1. The summed E-state index contributed by atoms with van der Waals surface area (Å²) in [7, 11) is 4.39. The summed E-state index contributed by atoms with van der Waals surface area (Å²) >= 11 is 0. The Bertz CT molecular complexity index is 761. The first-order chi connectivity index (χ1) is 11.9. The largest absolute Gasteiger partial charge is 0.493 e. The molecule has 0 amide bonds. The second-order valence-corrected chi connectivity index (χ2v) is 4.84. The van der Waals surface area contributed by atoms with E-state index in [1.807, 2.05) is 0 Å². The fourth-order valence-corrected chi connectivity index (χ4v) is 2.23. The SMILES string of the molecule is COc1ccc(/C=N\Nc2ccccc2C(F)(F)F)c(OC)c1OC. The molecule has 0 saturated carbocycles. The van der Waals surface area contributed by atoms with Crippen LogP contribution in [0.5, 0.6) is 17.2 Å². The van der Waals surface area contributed by atoms with Crippen molar-refractivity contribution >= 4 is 11.9 Å². The van der Waals surface area contributed by atoms with E-state index in [2.05, 4.69) is 10.5 Å². The van der Waals surface area contributed by atoms with Crippen molar-refractivity contribution < 1.29 is 27.4 Å². The molecule has 0 aliphatic carbocycles. The van der Waals surface area contributed by atoms with E-state index < -0.39 is 11.7 Å². The molecule has 134 valence electrons. The highest BCUT2D eigenvalue weighted by Gasteiger charge is 2.33. The Morgan fingerprint density at radius 2 is 1.60 bits per heavy atom. The number of para-hydroxylation sites is 1. The van der Waals surface area contributed by atoms with Gasteiger partial charge in [-0.15, -0.1) is 0 Å². The predicted molar refractivity (Wildman–Crippen MR) is 88.8 cm³/mol. The number of halogens is 3. The van der Waals surface area contributed by atoms with E-state index in [1.54, 1.807) is 12.1 Å². The molecule has 2 aromatic rings. The second kappa shape index (κ2) is 7.78. The smallest absolute Gasteiger partial charge is 0.418 e. The molecule has 0 bridgehead atoms. The lowest BCUT2D eigenvalue weighted by molar-refractivity contribution is -0.136. The fourth-order valence-electron chi connectivity index (χ4n) is 2.23. The minimum Gasteiger partial charge on any atom is -0.493 e. The quantitative estimate of drug-likeness (QED) is 0.625. The standard InChI is InChI=1S/C17H17F3N2O3/c1-23-14-9-8-11(15(24-2)16(14)25-3)10-21-22-13-7-5-4-6-12(13)17(18,19)20/h4-10,22H,1-3H3/b21-10-. The van der Waals surface area contributed by atoms with E-state index in [9.17, 15) is 13.2 Å². The molecule has 8 heteroatoms. The van der Waals surface area contributed by atoms with Crippen molar-refractivity contribution in [2.45, 2.75) is 6.18 Å². The maximum absolute atomic E-state index is 13.0. The summed E-state index contributed by atoms with van der Waals surface area (Å²) in [6.07, 6.45) is -3.13. The molecule has 0 aliphatic heterocycles. The van der Waals surface area contributed by atoms with Crippen molar-refractivity contribution in [3.05, 3.63) is 47.5 Å². The van der Waals surface area contributed by atoms with E-state index in [0.717, 1.165) is 6.07 Å². The molecule has 0 aromatic heterocycles. The van der Waals surface area contributed by atoms with Crippen molar-refractivity contribution in [2.24, 2.45) is 5.10 Å². The zero-order chi connectivity index (χ0) is 18.4. The van der Waals surface area contributed by atoms with Crippen LogP contribution in [0.4, 0.5) is 18.9 Å². The third-order valence-electron chi connectivity index (χ3n) is 3.36. The van der Waals surface area contributed by atoms with Crippen molar-refractivity contribution in [3.8, 4) is 17.2 Å². The van der Waals surface area contributed by atoms with Crippen LogP contribution in [0.25, 0.3) is 0 Å². The van der Waals surface area contributed by atoms with E-state index in [1.165, 1.54) is 45.7 Å². The van der Waals surface area contributed by atoms with Gasteiger partial charge >= 0.3 is 6.18 Å². The third-order valence-corrected chi connectivity index (χ3v) is 3.36. The van der Waals surface area contributed by atoms with Gasteiger partial charge < -0.3 is 14.2 Å². The molecule has 1 N–H and O–H groups in total. The molecule has 0 fully saturated rings. The Kier molecular flexibility index (Phi) is 5.74. The molecular weight excluding hydrogens is 337 g/mol. The number of anilines is 1. The van der Waals surface area contributed by atoms with Gasteiger partial charge in [-0.1, -0.05) is 12.1 Å². The van der Waals surface area contributed by atoms with Gasteiger partial charge in [0.2, 0.25) is 5.75 Å². The number of alkyl halides is 3. The van der Waals surface area contributed by atoms with Crippen LogP contribution in [0.15, 0.2) is 41.5 Å². The van der Waals surface area contributed by atoms with E-state index in [-0.39, 0.29) is 5.69 Å². The molecule has 0 saturated heterocycles. The first-order valence-corrected chi connectivity index (χ1v) is 7.16. The number of nitrogens with one attached hydrogen (secondary N) is 1. The molecule has 0 spiro atoms. The fraction of sp³-hybridized carbons (Fsp3) is 0.235. The predicted octanol–water partition coefficient (Wildman–Crippen LogP) is 4.18. The van der Waals surface area contributed by atoms with Crippen molar-refractivity contribution in [2.75, 3.05) is 26.8 Å². The lowest BCUT2D eigenvalue weighted by atomic mass is 10.2. The highest BCUT2D eigenvalue weighted by atomic mass is 19.4. The maximum Gasteiger partial charge on any atom is 0.418 e. The van der Waals surface area contributed by atoms with Gasteiger partial charge in [0, 0.05) is 5.56 Å². The average molecular weight is 354 g/mol. The van der Waals surface area contributed by atoms with Gasteiger partial charge in [0.15, 0.2) is 11.5 Å². The normalized spacial score (nSPS) is 11.4. The summed E-state index contributed by atoms with van der Waals surface area (Å²) in [5, 5.41) is 3.87. The summed E-state index contributed by atoms with van der Waals surface area (Å²) < 4.78 is 54.6. The molecular formula is C17H17F3N2O3. The summed E-state index contributed by atoms with van der Waals surface area (Å²) in [6, 6.07) is 8.38. The summed E-state index contributed by atoms with van der Waals surface area (Å²) in [4.78, 5) is 0. The number of hydrogen-bond acceptors (Lipinski definition) is 5. The molecule has 0 unspecified atom stereocenters. The monoisotopic (exact) mass is 354 g/mol. The maximum atomic E-state index is 13.0. The highest BCUT2D eigenvalue weighted by Crippen LogP contribution is 2.39.